The molecule has 0 aliphatic carbocycles. The lowest BCUT2D eigenvalue weighted by Gasteiger charge is -2.44. The fourth-order valence-electron chi connectivity index (χ4n) is 16.5. The summed E-state index contributed by atoms with van der Waals surface area (Å²) in [6, 6.07) is 19.8. The molecule has 8 amide bonds. The average Bonchev–Trinajstić information content (AvgIpc) is 0.750. The number of ether oxygens (including phenoxy) is 19. The first-order valence-corrected chi connectivity index (χ1v) is 48.6. The van der Waals surface area contributed by atoms with Crippen LogP contribution in [0.2, 0.25) is 0 Å². The van der Waals surface area contributed by atoms with Crippen molar-refractivity contribution in [3.63, 3.8) is 0 Å². The minimum absolute atomic E-state index is 0.00159. The van der Waals surface area contributed by atoms with E-state index in [-0.39, 0.29) is 167 Å². The van der Waals surface area contributed by atoms with E-state index in [2.05, 4.69) is 31.9 Å². The van der Waals surface area contributed by atoms with Crippen LogP contribution in [0.4, 0.5) is 0 Å². The molecule has 146 heavy (non-hydrogen) atoms. The summed E-state index contributed by atoms with van der Waals surface area (Å²) in [6.07, 6.45) is -16.4. The topological polar surface area (TPSA) is 578 Å². The van der Waals surface area contributed by atoms with Crippen molar-refractivity contribution in [2.75, 3.05) is 107 Å². The van der Waals surface area contributed by atoms with E-state index >= 15 is 0 Å². The number of Topliss-reactive ketones (excluding diaryl/α,β-unsaturated/α-hetero) is 1. The maximum absolute atomic E-state index is 14.9. The van der Waals surface area contributed by atoms with Crippen LogP contribution in [0.5, 0.6) is 11.5 Å². The third-order valence-electron chi connectivity index (χ3n) is 23.0. The summed E-state index contributed by atoms with van der Waals surface area (Å²) >= 11 is 0. The number of ketones is 1. The molecule has 3 fully saturated rings. The molecule has 46 heteroatoms. The molecule has 0 bridgehead atoms. The van der Waals surface area contributed by atoms with E-state index in [1.807, 2.05) is 54.6 Å². The quantitative estimate of drug-likeness (QED) is 0.0200. The van der Waals surface area contributed by atoms with Crippen LogP contribution >= 0.6 is 0 Å². The van der Waals surface area contributed by atoms with Crippen molar-refractivity contribution in [3.05, 3.63) is 95.6 Å². The van der Waals surface area contributed by atoms with Crippen molar-refractivity contribution in [1.29, 1.82) is 0 Å². The molecule has 3 saturated heterocycles. The van der Waals surface area contributed by atoms with Gasteiger partial charge in [0.1, 0.15) is 85.2 Å². The number of esters is 10. The molecule has 6 N–H and O–H groups in total. The van der Waals surface area contributed by atoms with Gasteiger partial charge in [-0.1, -0.05) is 54.6 Å². The molecule has 46 nitrogen and oxygen atoms in total. The summed E-state index contributed by atoms with van der Waals surface area (Å²) in [5.41, 5.74) is 0.494. The zero-order chi connectivity index (χ0) is 108. The van der Waals surface area contributed by atoms with Gasteiger partial charge in [-0.05, 0) is 105 Å². The van der Waals surface area contributed by atoms with Gasteiger partial charge in [0.25, 0.3) is 0 Å². The van der Waals surface area contributed by atoms with Crippen molar-refractivity contribution in [3.8, 4) is 11.5 Å². The van der Waals surface area contributed by atoms with E-state index in [9.17, 15) is 91.1 Å². The Balaban J connectivity index is 1.24. The van der Waals surface area contributed by atoms with Crippen LogP contribution in [0.3, 0.4) is 0 Å². The van der Waals surface area contributed by atoms with E-state index in [0.717, 1.165) is 62.3 Å². The summed E-state index contributed by atoms with van der Waals surface area (Å²) < 4.78 is 110. The molecule has 0 spiro atoms. The number of hydrogen-bond acceptors (Lipinski definition) is 38. The van der Waals surface area contributed by atoms with Gasteiger partial charge in [0, 0.05) is 188 Å². The lowest BCUT2D eigenvalue weighted by molar-refractivity contribution is -0.277. The molecule has 0 saturated carbocycles. The summed E-state index contributed by atoms with van der Waals surface area (Å²) in [5.74, 6) is -11.0. The number of methoxy groups -OCH3 is 2. The molecule has 3 aliphatic heterocycles. The van der Waals surface area contributed by atoms with Gasteiger partial charge >= 0.3 is 59.7 Å². The second kappa shape index (κ2) is 64.2. The highest BCUT2D eigenvalue weighted by Crippen LogP contribution is 2.43. The highest BCUT2D eigenvalue weighted by atomic mass is 16.7. The molecule has 3 aromatic carbocycles. The molecule has 16 atom stereocenters. The molecule has 3 aliphatic rings. The molecular formula is C100H142N8O38. The van der Waals surface area contributed by atoms with E-state index in [0.29, 0.717) is 47.5 Å². The maximum Gasteiger partial charge on any atom is 0.306 e. The number of amides is 8. The third-order valence-corrected chi connectivity index (χ3v) is 23.0. The number of nitrogens with zero attached hydrogens (tertiary/aromatic N) is 2. The van der Waals surface area contributed by atoms with Crippen molar-refractivity contribution >= 4 is 113 Å². The van der Waals surface area contributed by atoms with Crippen LogP contribution in [-0.2, 0) is 177 Å². The Hall–Kier alpha value is -12.9. The monoisotopic (exact) mass is 2060 g/mol. The second-order valence-corrected chi connectivity index (χ2v) is 34.9. The maximum atomic E-state index is 14.9. The lowest BCUT2D eigenvalue weighted by atomic mass is 9.80. The number of rotatable bonds is 63. The zero-order valence-electron chi connectivity index (χ0n) is 85.6. The van der Waals surface area contributed by atoms with Gasteiger partial charge in [-0.15, -0.1) is 0 Å². The number of carbonyl (C=O) groups excluding carboxylic acids is 19. The smallest absolute Gasteiger partial charge is 0.306 e. The molecule has 810 valence electrons. The van der Waals surface area contributed by atoms with Crippen LogP contribution in [0.25, 0.3) is 0 Å². The first-order valence-electron chi connectivity index (χ1n) is 48.6. The van der Waals surface area contributed by atoms with Gasteiger partial charge in [-0.3, -0.25) is 91.1 Å². The average molecular weight is 2060 g/mol. The van der Waals surface area contributed by atoms with E-state index in [1.54, 1.807) is 29.2 Å². The zero-order valence-corrected chi connectivity index (χ0v) is 85.6. The first-order chi connectivity index (χ1) is 69.5. The van der Waals surface area contributed by atoms with Gasteiger partial charge in [0.2, 0.25) is 47.3 Å². The molecular weight excluding hydrogens is 1920 g/mol. The Kier molecular flexibility index (Phi) is 53.5. The van der Waals surface area contributed by atoms with E-state index < -0.39 is 231 Å². The van der Waals surface area contributed by atoms with Crippen LogP contribution < -0.4 is 41.4 Å². The fourth-order valence-corrected chi connectivity index (χ4v) is 16.5. The second-order valence-electron chi connectivity index (χ2n) is 34.9. The van der Waals surface area contributed by atoms with E-state index in [1.165, 1.54) is 46.9 Å². The predicted molar refractivity (Wildman–Crippen MR) is 509 cm³/mol. The number of hydrogen-bond donors (Lipinski definition) is 6. The Morgan fingerprint density at radius 3 is 1.09 bits per heavy atom. The first kappa shape index (κ1) is 122. The standard InChI is InChI=1S/C100H142N8O38/c1-60(109)104-88-94(140-69(10)118)91(137-66(7)115)79(57-133-63(4)112)144-97(88)130-52-24-20-32-75(121)31-19-23-48-107(85(125)34-22-26-54-132-99-90(106-62(3)111)96(142-71(12)120)93(139-68(9)117)81(146-99)59-135-65(6)114)50-28-51-108(49-27-47-102-83(123)33-21-25-53-131-98-89(105-61(2)110)95(141-70(11)119)92(138-67(8)116)80(145-98)58-134-64(5)113)86(126)45-43-84(124)103-55-78(143-87(127)46-44-82(122)101-13)56-136-100(72-29-17-16-18-30-72,73-35-39-76(128-14)40-36-73)74-37-41-77(129-15)42-38-74/h16-18,29-30,35-42,78-81,88-99H,19-28,31-34,43-59H2,1-15H3,(H,101,122)(H,102,123)(H,103,124)(H,104,109)(H,105,110)(H,106,111)/t78?,79?,80?,81?,88?,89?,90?,91-,92-,93-,94+,95+,96+,97+,98+,99+/m0/s1. The molecule has 0 radical (unpaired) electrons. The largest absolute Gasteiger partial charge is 0.497 e. The van der Waals surface area contributed by atoms with E-state index in [4.69, 9.17) is 90.0 Å². The van der Waals surface area contributed by atoms with Gasteiger partial charge in [-0.2, -0.15) is 0 Å². The highest BCUT2D eigenvalue weighted by molar-refractivity contribution is 5.85. The number of benzene rings is 3. The molecule has 0 aromatic heterocycles. The van der Waals surface area contributed by atoms with Crippen LogP contribution in [0, 0.1) is 0 Å². The number of unbranched alkanes of at least 4 members (excludes halogenated alkanes) is 4. The highest BCUT2D eigenvalue weighted by Gasteiger charge is 2.55. The molecule has 7 unspecified atom stereocenters. The Bertz CT molecular complexity index is 4730. The van der Waals surface area contributed by atoms with Crippen molar-refractivity contribution in [2.24, 2.45) is 0 Å². The van der Waals surface area contributed by atoms with Gasteiger partial charge < -0.3 is 132 Å². The van der Waals surface area contributed by atoms with Crippen molar-refractivity contribution in [2.45, 2.75) is 302 Å². The number of carbonyl (C=O) groups is 19. The SMILES string of the molecule is CNC(=O)CCC(=O)OC(CNC(=O)CCC(=O)N(CCCNC(=O)CCCCO[C@@H]1OC(COC(C)=O)[C@H](OC(C)=O)[C@H](OC(C)=O)C1NC(C)=O)CCCN(CCCCC(=O)CCCCO[C@@H]1OC(COC(C)=O)[C@H](OC(C)=O)[C@H](OC(C)=O)C1NC(C)=O)C(=O)CCCCO[C@@H]1OC(COC(C)=O)[C@H](OC(C)=O)[C@H](OC(C)=O)C1NC(C)=O)COC(c1ccccc1)(c1ccc(OC)cc1)c1ccc(OC)cc1. The summed E-state index contributed by atoms with van der Waals surface area (Å²) in [6.45, 7) is 11.3. The van der Waals surface area contributed by atoms with Crippen molar-refractivity contribution in [1.82, 2.24) is 41.7 Å². The van der Waals surface area contributed by atoms with Gasteiger partial charge in [0.05, 0.1) is 33.8 Å². The molecule has 3 aromatic rings. The fraction of sp³-hybridized carbons (Fsp3) is 0.630. The summed E-state index contributed by atoms with van der Waals surface area (Å²) in [7, 11) is 4.47. The lowest BCUT2D eigenvalue weighted by Crippen LogP contribution is -2.66. The third kappa shape index (κ3) is 43.0. The minimum atomic E-state index is -1.43. The van der Waals surface area contributed by atoms with Gasteiger partial charge in [-0.25, -0.2) is 0 Å². The molecule has 6 rings (SSSR count). The minimum Gasteiger partial charge on any atom is -0.497 e. The van der Waals surface area contributed by atoms with Crippen LogP contribution in [0.15, 0.2) is 78.9 Å². The molecule has 3 heterocycles. The summed E-state index contributed by atoms with van der Waals surface area (Å²) in [4.78, 5) is 249. The predicted octanol–water partition coefficient (Wildman–Crippen LogP) is 4.17. The van der Waals surface area contributed by atoms with Gasteiger partial charge in [0.15, 0.2) is 55.5 Å². The Labute approximate surface area is 847 Å². The number of nitrogens with one attached hydrogen (secondary N) is 6. The van der Waals surface area contributed by atoms with Crippen LogP contribution in [0.1, 0.15) is 215 Å². The normalized spacial score (nSPS) is 20.6. The van der Waals surface area contributed by atoms with Crippen molar-refractivity contribution < 1.29 is 181 Å². The summed E-state index contributed by atoms with van der Waals surface area (Å²) in [5, 5.41) is 16.1. The van der Waals surface area contributed by atoms with Crippen LogP contribution in [-0.4, -0.2) is 327 Å². The Morgan fingerprint density at radius 1 is 0.356 bits per heavy atom. The Morgan fingerprint density at radius 2 is 0.705 bits per heavy atom.